The van der Waals surface area contributed by atoms with Crippen LogP contribution in [0, 0.1) is 0 Å². The summed E-state index contributed by atoms with van der Waals surface area (Å²) in [5.74, 6) is 1.05. The van der Waals surface area contributed by atoms with Crippen LogP contribution in [0.5, 0.6) is 11.5 Å². The standard InChI is InChI=1S/C28H31N3O5/c32-27(20-29-22-8-4-7-21(17-22)28(33)30-19-26-13-6-14-34-26)31-23-9-5-12-25(18-23)36-16-15-35-24-10-2-1-3-11-24/h1-5,7-12,17-18,26,29H,6,13-16,19-20H2,(H,30,33)(H,31,32). The number of nitrogens with one attached hydrogen (secondary N) is 3. The normalized spacial score (nSPS) is 14.6. The molecule has 0 radical (unpaired) electrons. The van der Waals surface area contributed by atoms with Crippen LogP contribution in [0.25, 0.3) is 0 Å². The first-order valence-electron chi connectivity index (χ1n) is 12.1. The lowest BCUT2D eigenvalue weighted by molar-refractivity contribution is -0.114. The fourth-order valence-electron chi connectivity index (χ4n) is 3.77. The van der Waals surface area contributed by atoms with Crippen molar-refractivity contribution < 1.29 is 23.8 Å². The molecule has 0 saturated carbocycles. The van der Waals surface area contributed by atoms with Crippen LogP contribution in [-0.4, -0.2) is 50.8 Å². The van der Waals surface area contributed by atoms with Crippen LogP contribution in [0.2, 0.25) is 0 Å². The molecule has 188 valence electrons. The maximum Gasteiger partial charge on any atom is 0.251 e. The fraction of sp³-hybridized carbons (Fsp3) is 0.286. The molecule has 1 atom stereocenters. The molecule has 1 heterocycles. The molecular weight excluding hydrogens is 458 g/mol. The minimum atomic E-state index is -0.215. The second-order valence-electron chi connectivity index (χ2n) is 8.37. The van der Waals surface area contributed by atoms with Gasteiger partial charge in [0.15, 0.2) is 0 Å². The van der Waals surface area contributed by atoms with Crippen molar-refractivity contribution in [2.24, 2.45) is 0 Å². The summed E-state index contributed by atoms with van der Waals surface area (Å²) in [5.41, 5.74) is 1.84. The van der Waals surface area contributed by atoms with E-state index in [2.05, 4.69) is 16.0 Å². The Kier molecular flexibility index (Phi) is 9.16. The summed E-state index contributed by atoms with van der Waals surface area (Å²) in [5, 5.41) is 8.82. The molecule has 3 N–H and O–H groups in total. The van der Waals surface area contributed by atoms with Crippen molar-refractivity contribution in [1.82, 2.24) is 5.32 Å². The maximum absolute atomic E-state index is 12.5. The molecule has 8 heteroatoms. The average molecular weight is 490 g/mol. The van der Waals surface area contributed by atoms with Gasteiger partial charge in [-0.25, -0.2) is 0 Å². The van der Waals surface area contributed by atoms with Gasteiger partial charge in [-0.1, -0.05) is 30.3 Å². The molecule has 1 saturated heterocycles. The van der Waals surface area contributed by atoms with Gasteiger partial charge in [0.05, 0.1) is 12.6 Å². The van der Waals surface area contributed by atoms with Crippen molar-refractivity contribution in [2.45, 2.75) is 18.9 Å². The highest BCUT2D eigenvalue weighted by Gasteiger charge is 2.16. The number of ether oxygens (including phenoxy) is 3. The van der Waals surface area contributed by atoms with Gasteiger partial charge in [-0.05, 0) is 55.3 Å². The second kappa shape index (κ2) is 13.2. The Morgan fingerprint density at radius 2 is 1.61 bits per heavy atom. The van der Waals surface area contributed by atoms with Gasteiger partial charge >= 0.3 is 0 Å². The first-order chi connectivity index (χ1) is 17.7. The Balaban J connectivity index is 1.19. The Morgan fingerprint density at radius 1 is 0.861 bits per heavy atom. The Labute approximate surface area is 211 Å². The highest BCUT2D eigenvalue weighted by atomic mass is 16.5. The van der Waals surface area contributed by atoms with Crippen molar-refractivity contribution >= 4 is 23.2 Å². The van der Waals surface area contributed by atoms with E-state index < -0.39 is 0 Å². The zero-order chi connectivity index (χ0) is 25.0. The predicted molar refractivity (Wildman–Crippen MR) is 139 cm³/mol. The summed E-state index contributed by atoms with van der Waals surface area (Å²) >= 11 is 0. The van der Waals surface area contributed by atoms with E-state index in [1.165, 1.54) is 0 Å². The molecule has 1 fully saturated rings. The zero-order valence-electron chi connectivity index (χ0n) is 20.1. The zero-order valence-corrected chi connectivity index (χ0v) is 20.1. The Hall–Kier alpha value is -4.04. The van der Waals surface area contributed by atoms with Gasteiger partial charge < -0.3 is 30.2 Å². The summed E-state index contributed by atoms with van der Waals surface area (Å²) in [7, 11) is 0. The topological polar surface area (TPSA) is 97.9 Å². The molecule has 36 heavy (non-hydrogen) atoms. The molecule has 8 nitrogen and oxygen atoms in total. The van der Waals surface area contributed by atoms with Gasteiger partial charge in [0.2, 0.25) is 5.91 Å². The van der Waals surface area contributed by atoms with Crippen molar-refractivity contribution in [1.29, 1.82) is 0 Å². The van der Waals surface area contributed by atoms with Crippen molar-refractivity contribution in [3.63, 3.8) is 0 Å². The SMILES string of the molecule is O=C(CNc1cccc(C(=O)NCC2CCCO2)c1)Nc1cccc(OCCOc2ccccc2)c1. The number of carbonyl (C=O) groups excluding carboxylic acids is 2. The third kappa shape index (κ3) is 8.02. The highest BCUT2D eigenvalue weighted by Crippen LogP contribution is 2.18. The van der Waals surface area contributed by atoms with Crippen molar-refractivity contribution in [3.05, 3.63) is 84.4 Å². The van der Waals surface area contributed by atoms with Crippen molar-refractivity contribution in [3.8, 4) is 11.5 Å². The number of para-hydroxylation sites is 1. The quantitative estimate of drug-likeness (QED) is 0.332. The van der Waals surface area contributed by atoms with Gasteiger partial charge in [-0.2, -0.15) is 0 Å². The minimum Gasteiger partial charge on any atom is -0.490 e. The van der Waals surface area contributed by atoms with Gasteiger partial charge in [0.1, 0.15) is 24.7 Å². The van der Waals surface area contributed by atoms with E-state index in [0.29, 0.717) is 42.4 Å². The number of benzene rings is 3. The van der Waals surface area contributed by atoms with E-state index in [1.54, 1.807) is 30.3 Å². The maximum atomic E-state index is 12.5. The molecule has 4 rings (SSSR count). The molecule has 3 aromatic carbocycles. The lowest BCUT2D eigenvalue weighted by Gasteiger charge is -2.12. The largest absolute Gasteiger partial charge is 0.490 e. The van der Waals surface area contributed by atoms with E-state index >= 15 is 0 Å². The summed E-state index contributed by atoms with van der Waals surface area (Å²) in [6, 6.07) is 23.8. The lowest BCUT2D eigenvalue weighted by Crippen LogP contribution is -2.31. The van der Waals surface area contributed by atoms with Crippen LogP contribution < -0.4 is 25.4 Å². The van der Waals surface area contributed by atoms with Crippen LogP contribution in [0.15, 0.2) is 78.9 Å². The Morgan fingerprint density at radius 3 is 2.42 bits per heavy atom. The molecule has 2 amide bonds. The van der Waals surface area contributed by atoms with Crippen LogP contribution in [0.1, 0.15) is 23.2 Å². The smallest absolute Gasteiger partial charge is 0.251 e. The molecule has 0 aromatic heterocycles. The third-order valence-corrected chi connectivity index (χ3v) is 5.57. The number of anilines is 2. The highest BCUT2D eigenvalue weighted by molar-refractivity contribution is 5.96. The average Bonchev–Trinajstić information content (AvgIpc) is 3.43. The monoisotopic (exact) mass is 489 g/mol. The number of carbonyl (C=O) groups is 2. The summed E-state index contributed by atoms with van der Waals surface area (Å²) in [6.07, 6.45) is 2.09. The molecule has 1 unspecified atom stereocenters. The van der Waals surface area contributed by atoms with Crippen LogP contribution in [0.3, 0.4) is 0 Å². The third-order valence-electron chi connectivity index (χ3n) is 5.57. The second-order valence-corrected chi connectivity index (χ2v) is 8.37. The van der Waals surface area contributed by atoms with Crippen LogP contribution in [-0.2, 0) is 9.53 Å². The van der Waals surface area contributed by atoms with E-state index in [4.69, 9.17) is 14.2 Å². The molecule has 0 aliphatic carbocycles. The number of amides is 2. The Bertz CT molecular complexity index is 1130. The lowest BCUT2D eigenvalue weighted by atomic mass is 10.1. The minimum absolute atomic E-state index is 0.0526. The number of hydrogen-bond donors (Lipinski definition) is 3. The molecule has 3 aromatic rings. The summed E-state index contributed by atoms with van der Waals surface area (Å²) in [6.45, 7) is 2.10. The number of hydrogen-bond acceptors (Lipinski definition) is 6. The predicted octanol–water partition coefficient (Wildman–Crippen LogP) is 4.10. The number of rotatable bonds is 12. The van der Waals surface area contributed by atoms with Gasteiger partial charge in [-0.3, -0.25) is 9.59 Å². The first kappa shape index (κ1) is 25.1. The van der Waals surface area contributed by atoms with E-state index in [0.717, 1.165) is 25.2 Å². The van der Waals surface area contributed by atoms with Gasteiger partial charge in [0.25, 0.3) is 5.91 Å². The summed E-state index contributed by atoms with van der Waals surface area (Å²) in [4.78, 5) is 24.9. The molecule has 1 aliphatic rings. The van der Waals surface area contributed by atoms with Gasteiger partial charge in [-0.15, -0.1) is 0 Å². The molecular formula is C28H31N3O5. The van der Waals surface area contributed by atoms with Gasteiger partial charge in [0, 0.05) is 36.2 Å². The van der Waals surface area contributed by atoms with Crippen molar-refractivity contribution in [2.75, 3.05) is 43.5 Å². The fourth-order valence-corrected chi connectivity index (χ4v) is 3.77. The van der Waals surface area contributed by atoms with Crippen LogP contribution >= 0.6 is 0 Å². The van der Waals surface area contributed by atoms with Crippen LogP contribution in [0.4, 0.5) is 11.4 Å². The first-order valence-corrected chi connectivity index (χ1v) is 12.1. The van der Waals surface area contributed by atoms with E-state index in [-0.39, 0.29) is 24.5 Å². The molecule has 1 aliphatic heterocycles. The van der Waals surface area contributed by atoms with E-state index in [1.807, 2.05) is 48.5 Å². The molecule has 0 bridgehead atoms. The summed E-state index contributed by atoms with van der Waals surface area (Å²) < 4.78 is 16.9. The van der Waals surface area contributed by atoms with E-state index in [9.17, 15) is 9.59 Å². The molecule has 0 spiro atoms.